The summed E-state index contributed by atoms with van der Waals surface area (Å²) < 4.78 is 5.11. The second kappa shape index (κ2) is 4.18. The Bertz CT molecular complexity index is 174. The van der Waals surface area contributed by atoms with Crippen LogP contribution in [0.3, 0.4) is 0 Å². The summed E-state index contributed by atoms with van der Waals surface area (Å²) in [5, 5.41) is 0. The number of halogens is 1. The van der Waals surface area contributed by atoms with E-state index >= 15 is 0 Å². The summed E-state index contributed by atoms with van der Waals surface area (Å²) in [6, 6.07) is 9.48. The summed E-state index contributed by atoms with van der Waals surface area (Å²) in [7, 11) is 0. The van der Waals surface area contributed by atoms with E-state index in [2.05, 4.69) is 5.88 Å². The van der Waals surface area contributed by atoms with Gasteiger partial charge in [0.1, 0.15) is 18.2 Å². The van der Waals surface area contributed by atoms with Gasteiger partial charge in [0.2, 0.25) is 0 Å². The van der Waals surface area contributed by atoms with Crippen molar-refractivity contribution in [1.29, 1.82) is 0 Å². The molecular formula is C8H7ClO. The second-order valence-electron chi connectivity index (χ2n) is 1.74. The predicted octanol–water partition coefficient (Wildman–Crippen LogP) is 2.34. The van der Waals surface area contributed by atoms with Gasteiger partial charge in [0, 0.05) is 0 Å². The number of rotatable bonds is 3. The lowest BCUT2D eigenvalue weighted by atomic mass is 10.3. The van der Waals surface area contributed by atoms with Gasteiger partial charge >= 0.3 is 0 Å². The predicted molar refractivity (Wildman–Crippen MR) is 41.0 cm³/mol. The Morgan fingerprint density at radius 2 is 2.00 bits per heavy atom. The van der Waals surface area contributed by atoms with Crippen LogP contribution in [0.15, 0.2) is 30.3 Å². The number of benzene rings is 1. The minimum absolute atomic E-state index is 0.325. The fourth-order valence-corrected chi connectivity index (χ4v) is 0.682. The van der Waals surface area contributed by atoms with Crippen molar-refractivity contribution in [2.45, 2.75) is 0 Å². The minimum Gasteiger partial charge on any atom is -0.492 e. The first-order valence-electron chi connectivity index (χ1n) is 2.95. The normalized spacial score (nSPS) is 9.30. The van der Waals surface area contributed by atoms with Crippen molar-refractivity contribution in [1.82, 2.24) is 0 Å². The highest BCUT2D eigenvalue weighted by Crippen LogP contribution is 2.08. The van der Waals surface area contributed by atoms with E-state index in [0.717, 1.165) is 5.75 Å². The van der Waals surface area contributed by atoms with E-state index < -0.39 is 0 Å². The average Bonchev–Trinajstić information content (AvgIpc) is 2.03. The largest absolute Gasteiger partial charge is 0.492 e. The lowest BCUT2D eigenvalue weighted by Crippen LogP contribution is -1.93. The summed E-state index contributed by atoms with van der Waals surface area (Å²) in [5.74, 6) is 3.18. The third-order valence-corrected chi connectivity index (χ3v) is 1.15. The van der Waals surface area contributed by atoms with Gasteiger partial charge in [-0.15, -0.1) is 11.6 Å². The zero-order valence-electron chi connectivity index (χ0n) is 5.38. The Morgan fingerprint density at radius 3 is 2.60 bits per heavy atom. The van der Waals surface area contributed by atoms with Gasteiger partial charge < -0.3 is 4.74 Å². The molecule has 0 N–H and O–H groups in total. The van der Waals surface area contributed by atoms with Crippen LogP contribution in [0.1, 0.15) is 0 Å². The molecule has 0 aliphatic heterocycles. The average molecular weight is 155 g/mol. The molecule has 2 radical (unpaired) electrons. The molecule has 52 valence electrons. The van der Waals surface area contributed by atoms with Crippen LogP contribution in [0.5, 0.6) is 5.75 Å². The number of hydrogen-bond donors (Lipinski definition) is 0. The van der Waals surface area contributed by atoms with Crippen molar-refractivity contribution < 1.29 is 4.74 Å². The molecule has 0 saturated heterocycles. The van der Waals surface area contributed by atoms with Gasteiger partial charge in [-0.05, 0) is 12.1 Å². The maximum absolute atomic E-state index is 5.18. The molecule has 0 unspecified atom stereocenters. The van der Waals surface area contributed by atoms with Crippen molar-refractivity contribution in [2.24, 2.45) is 0 Å². The standard InChI is InChI=1S/C8H7ClO/c9-6-7-10-8-4-2-1-3-5-8/h1-5H,7H2. The summed E-state index contributed by atoms with van der Waals surface area (Å²) >= 11 is 5.18. The van der Waals surface area contributed by atoms with Gasteiger partial charge in [-0.1, -0.05) is 18.2 Å². The number of ether oxygens (including phenoxy) is 1. The first-order chi connectivity index (χ1) is 4.93. The first-order valence-corrected chi connectivity index (χ1v) is 3.32. The molecule has 0 aromatic heterocycles. The third kappa shape index (κ3) is 2.28. The lowest BCUT2D eigenvalue weighted by Gasteiger charge is -2.00. The molecule has 1 nitrogen and oxygen atoms in total. The van der Waals surface area contributed by atoms with Gasteiger partial charge in [-0.2, -0.15) is 0 Å². The van der Waals surface area contributed by atoms with Crippen LogP contribution in [0.25, 0.3) is 0 Å². The highest BCUT2D eigenvalue weighted by molar-refractivity contribution is 6.23. The molecule has 0 atom stereocenters. The summed E-state index contributed by atoms with van der Waals surface area (Å²) in [6.07, 6.45) is 0. The minimum atomic E-state index is 0.325. The maximum atomic E-state index is 5.18. The molecule has 0 aliphatic carbocycles. The molecule has 10 heavy (non-hydrogen) atoms. The molecule has 0 saturated carbocycles. The van der Waals surface area contributed by atoms with Crippen molar-refractivity contribution >= 4 is 11.6 Å². The van der Waals surface area contributed by atoms with E-state index in [1.165, 1.54) is 0 Å². The fraction of sp³-hybridized carbons (Fsp3) is 0.125. The molecule has 2 heteroatoms. The Labute approximate surface area is 65.6 Å². The Morgan fingerprint density at radius 1 is 1.30 bits per heavy atom. The maximum Gasteiger partial charge on any atom is 0.127 e. The topological polar surface area (TPSA) is 9.23 Å². The zero-order chi connectivity index (χ0) is 7.23. The highest BCUT2D eigenvalue weighted by Gasteiger charge is 1.88. The summed E-state index contributed by atoms with van der Waals surface area (Å²) in [4.78, 5) is 0. The van der Waals surface area contributed by atoms with E-state index in [-0.39, 0.29) is 0 Å². The molecule has 0 fully saturated rings. The van der Waals surface area contributed by atoms with E-state index in [1.54, 1.807) is 0 Å². The van der Waals surface area contributed by atoms with Crippen LogP contribution >= 0.6 is 11.6 Å². The van der Waals surface area contributed by atoms with E-state index in [4.69, 9.17) is 16.3 Å². The Balaban J connectivity index is 2.43. The van der Waals surface area contributed by atoms with Gasteiger partial charge in [-0.25, -0.2) is 0 Å². The number of hydrogen-bond acceptors (Lipinski definition) is 1. The smallest absolute Gasteiger partial charge is 0.127 e. The monoisotopic (exact) mass is 154 g/mol. The van der Waals surface area contributed by atoms with Crippen LogP contribution in [0.4, 0.5) is 0 Å². The molecule has 0 aliphatic rings. The van der Waals surface area contributed by atoms with E-state index in [0.29, 0.717) is 6.61 Å². The molecule has 0 amide bonds. The van der Waals surface area contributed by atoms with Crippen molar-refractivity contribution in [2.75, 3.05) is 6.61 Å². The van der Waals surface area contributed by atoms with Crippen LogP contribution in [-0.4, -0.2) is 6.61 Å². The first kappa shape index (κ1) is 7.42. The Hall–Kier alpha value is -0.690. The molecule has 1 aromatic carbocycles. The highest BCUT2D eigenvalue weighted by atomic mass is 35.5. The van der Waals surface area contributed by atoms with Crippen LogP contribution in [0, 0.1) is 5.88 Å². The van der Waals surface area contributed by atoms with Crippen molar-refractivity contribution in [3.05, 3.63) is 36.2 Å². The second-order valence-corrected chi connectivity index (χ2v) is 2.00. The molecule has 1 rings (SSSR count). The fourth-order valence-electron chi connectivity index (χ4n) is 0.627. The molecule has 0 heterocycles. The molecule has 1 aromatic rings. The molecule has 0 spiro atoms. The summed E-state index contributed by atoms with van der Waals surface area (Å²) in [5.41, 5.74) is 0. The van der Waals surface area contributed by atoms with E-state index in [1.807, 2.05) is 30.3 Å². The molecule has 0 bridgehead atoms. The number of para-hydroxylation sites is 1. The van der Waals surface area contributed by atoms with Gasteiger partial charge in [0.15, 0.2) is 0 Å². The Kier molecular flexibility index (Phi) is 3.10. The van der Waals surface area contributed by atoms with Gasteiger partial charge in [0.25, 0.3) is 0 Å². The third-order valence-electron chi connectivity index (χ3n) is 1.04. The van der Waals surface area contributed by atoms with Crippen molar-refractivity contribution in [3.8, 4) is 5.75 Å². The lowest BCUT2D eigenvalue weighted by molar-refractivity contribution is 0.357. The molecular weight excluding hydrogens is 148 g/mol. The quantitative estimate of drug-likeness (QED) is 0.650. The zero-order valence-corrected chi connectivity index (χ0v) is 6.14. The van der Waals surface area contributed by atoms with Gasteiger partial charge in [-0.3, -0.25) is 0 Å². The SMILES string of the molecule is Cl[C]COc1ccccc1. The summed E-state index contributed by atoms with van der Waals surface area (Å²) in [6.45, 7) is 0.325. The van der Waals surface area contributed by atoms with Crippen LogP contribution < -0.4 is 4.74 Å². The van der Waals surface area contributed by atoms with Gasteiger partial charge in [0.05, 0.1) is 0 Å². The van der Waals surface area contributed by atoms with Crippen LogP contribution in [0.2, 0.25) is 0 Å². The van der Waals surface area contributed by atoms with Crippen LogP contribution in [-0.2, 0) is 0 Å². The van der Waals surface area contributed by atoms with E-state index in [9.17, 15) is 0 Å². The van der Waals surface area contributed by atoms with Crippen molar-refractivity contribution in [3.63, 3.8) is 0 Å².